The van der Waals surface area contributed by atoms with Crippen LogP contribution in [0.25, 0.3) is 0 Å². The van der Waals surface area contributed by atoms with Crippen LogP contribution in [-0.4, -0.2) is 24.2 Å². The first-order valence-electron chi connectivity index (χ1n) is 5.61. The summed E-state index contributed by atoms with van der Waals surface area (Å²) in [5.41, 5.74) is 0. The average Bonchev–Trinajstić information content (AvgIpc) is 2.15. The Bertz CT molecular complexity index is 114. The molecule has 0 unspecified atom stereocenters. The van der Waals surface area contributed by atoms with E-state index in [1.165, 1.54) is 6.42 Å². The minimum absolute atomic E-state index is 0.333. The number of hydrogen-bond donors (Lipinski definition) is 2. The van der Waals surface area contributed by atoms with E-state index in [0.29, 0.717) is 6.42 Å². The second-order valence-corrected chi connectivity index (χ2v) is 3.16. The van der Waals surface area contributed by atoms with Crippen LogP contribution < -0.4 is 5.32 Å². The fourth-order valence-corrected chi connectivity index (χ4v) is 0.953. The third kappa shape index (κ3) is 22.5. The molecule has 0 spiro atoms. The van der Waals surface area contributed by atoms with Crippen molar-refractivity contribution in [2.75, 3.05) is 13.1 Å². The first-order chi connectivity index (χ1) is 6.68. The summed E-state index contributed by atoms with van der Waals surface area (Å²) in [6.45, 7) is 8.50. The van der Waals surface area contributed by atoms with Crippen molar-refractivity contribution in [3.05, 3.63) is 0 Å². The van der Waals surface area contributed by atoms with Gasteiger partial charge in [-0.2, -0.15) is 0 Å². The zero-order chi connectivity index (χ0) is 11.2. The number of carboxylic acid groups (broad SMARTS) is 1. The summed E-state index contributed by atoms with van der Waals surface area (Å²) >= 11 is 0. The largest absolute Gasteiger partial charge is 0.481 e. The van der Waals surface area contributed by atoms with Crippen molar-refractivity contribution in [2.45, 2.75) is 52.9 Å². The molecule has 3 nitrogen and oxygen atoms in total. The molecule has 2 N–H and O–H groups in total. The van der Waals surface area contributed by atoms with Crippen LogP contribution in [0, 0.1) is 0 Å². The smallest absolute Gasteiger partial charge is 0.303 e. The first kappa shape index (κ1) is 15.9. The number of nitrogens with one attached hydrogen (secondary N) is 1. The molecule has 3 heteroatoms. The van der Waals surface area contributed by atoms with Gasteiger partial charge in [-0.15, -0.1) is 0 Å². The maximum Gasteiger partial charge on any atom is 0.303 e. The predicted octanol–water partition coefficient (Wildman–Crippen LogP) is 2.66. The lowest BCUT2D eigenvalue weighted by atomic mass is 10.2. The molecule has 0 amide bonds. The SMILES string of the molecule is CCCCCCC(=O)O.CCNCC. The second-order valence-electron chi connectivity index (χ2n) is 3.16. The normalized spacial score (nSPS) is 9.07. The van der Waals surface area contributed by atoms with Crippen molar-refractivity contribution in [1.29, 1.82) is 0 Å². The molecule has 86 valence electrons. The van der Waals surface area contributed by atoms with Crippen LogP contribution in [0.4, 0.5) is 0 Å². The Hall–Kier alpha value is -0.570. The molecule has 0 aliphatic heterocycles. The van der Waals surface area contributed by atoms with E-state index in [2.05, 4.69) is 26.1 Å². The molecule has 0 heterocycles. The van der Waals surface area contributed by atoms with Gasteiger partial charge in [0.05, 0.1) is 0 Å². The fraction of sp³-hybridized carbons (Fsp3) is 0.909. The molecule has 0 atom stereocenters. The molecule has 0 aromatic carbocycles. The molecule has 0 aromatic heterocycles. The molecule has 14 heavy (non-hydrogen) atoms. The van der Waals surface area contributed by atoms with E-state index in [9.17, 15) is 4.79 Å². The third-order valence-corrected chi connectivity index (χ3v) is 1.74. The highest BCUT2D eigenvalue weighted by Gasteiger charge is 1.93. The molecular weight excluding hydrogens is 178 g/mol. The maximum atomic E-state index is 9.96. The van der Waals surface area contributed by atoms with Crippen LogP contribution >= 0.6 is 0 Å². The Morgan fingerprint density at radius 2 is 1.64 bits per heavy atom. The summed E-state index contributed by atoms with van der Waals surface area (Å²) in [4.78, 5) is 9.96. The van der Waals surface area contributed by atoms with Gasteiger partial charge in [-0.3, -0.25) is 4.79 Å². The molecule has 0 rings (SSSR count). The first-order valence-corrected chi connectivity index (χ1v) is 5.61. The maximum absolute atomic E-state index is 9.96. The summed E-state index contributed by atoms with van der Waals surface area (Å²) < 4.78 is 0. The number of carbonyl (C=O) groups is 1. The van der Waals surface area contributed by atoms with Crippen LogP contribution in [0.1, 0.15) is 52.9 Å². The van der Waals surface area contributed by atoms with Crippen LogP contribution in [0.3, 0.4) is 0 Å². The van der Waals surface area contributed by atoms with Crippen molar-refractivity contribution < 1.29 is 9.90 Å². The Balaban J connectivity index is 0. The minimum Gasteiger partial charge on any atom is -0.481 e. The summed E-state index contributed by atoms with van der Waals surface area (Å²) in [6, 6.07) is 0. The summed E-state index contributed by atoms with van der Waals surface area (Å²) in [7, 11) is 0. The highest BCUT2D eigenvalue weighted by molar-refractivity contribution is 5.66. The van der Waals surface area contributed by atoms with Crippen molar-refractivity contribution in [2.24, 2.45) is 0 Å². The van der Waals surface area contributed by atoms with Crippen LogP contribution in [0.5, 0.6) is 0 Å². The lowest BCUT2D eigenvalue weighted by molar-refractivity contribution is -0.137. The molecule has 0 aliphatic carbocycles. The lowest BCUT2D eigenvalue weighted by Gasteiger charge is -1.92. The second kappa shape index (κ2) is 14.9. The van der Waals surface area contributed by atoms with Crippen molar-refractivity contribution in [3.63, 3.8) is 0 Å². The van der Waals surface area contributed by atoms with E-state index in [0.717, 1.165) is 32.4 Å². The summed E-state index contributed by atoms with van der Waals surface area (Å²) in [5.74, 6) is -0.675. The van der Waals surface area contributed by atoms with Crippen LogP contribution in [0.15, 0.2) is 0 Å². The Kier molecular flexibility index (Phi) is 16.9. The van der Waals surface area contributed by atoms with E-state index < -0.39 is 5.97 Å². The highest BCUT2D eigenvalue weighted by Crippen LogP contribution is 2.01. The number of rotatable bonds is 7. The van der Waals surface area contributed by atoms with Gasteiger partial charge in [-0.25, -0.2) is 0 Å². The van der Waals surface area contributed by atoms with Gasteiger partial charge in [0.1, 0.15) is 0 Å². The van der Waals surface area contributed by atoms with E-state index in [-0.39, 0.29) is 0 Å². The lowest BCUT2D eigenvalue weighted by Crippen LogP contribution is -2.09. The molecule has 0 saturated heterocycles. The van der Waals surface area contributed by atoms with Crippen LogP contribution in [-0.2, 0) is 4.79 Å². The third-order valence-electron chi connectivity index (χ3n) is 1.74. The molecular formula is C11H25NO2. The highest BCUT2D eigenvalue weighted by atomic mass is 16.4. The van der Waals surface area contributed by atoms with E-state index in [1.54, 1.807) is 0 Å². The van der Waals surface area contributed by atoms with Crippen molar-refractivity contribution >= 4 is 5.97 Å². The van der Waals surface area contributed by atoms with Crippen molar-refractivity contribution in [1.82, 2.24) is 5.32 Å². The molecule has 0 aromatic rings. The standard InChI is InChI=1S/C7H14O2.C4H11N/c1-2-3-4-5-6-7(8)9;1-3-5-4-2/h2-6H2,1H3,(H,8,9);5H,3-4H2,1-2H3. The van der Waals surface area contributed by atoms with Gasteiger partial charge in [0, 0.05) is 6.42 Å². The molecule has 0 aliphatic rings. The summed E-state index contributed by atoms with van der Waals surface area (Å²) in [5, 5.41) is 11.3. The van der Waals surface area contributed by atoms with Crippen LogP contribution in [0.2, 0.25) is 0 Å². The van der Waals surface area contributed by atoms with Gasteiger partial charge in [-0.1, -0.05) is 40.0 Å². The van der Waals surface area contributed by atoms with E-state index in [4.69, 9.17) is 5.11 Å². The number of carboxylic acids is 1. The van der Waals surface area contributed by atoms with Crippen molar-refractivity contribution in [3.8, 4) is 0 Å². The molecule has 0 bridgehead atoms. The number of aliphatic carboxylic acids is 1. The Labute approximate surface area is 87.9 Å². The van der Waals surface area contributed by atoms with E-state index >= 15 is 0 Å². The van der Waals surface area contributed by atoms with Gasteiger partial charge >= 0.3 is 5.97 Å². The molecule has 0 saturated carbocycles. The zero-order valence-electron chi connectivity index (χ0n) is 9.81. The Morgan fingerprint density at radius 3 is 1.93 bits per heavy atom. The summed E-state index contributed by atoms with van der Waals surface area (Å²) in [6.07, 6.45) is 4.55. The predicted molar refractivity (Wildman–Crippen MR) is 60.6 cm³/mol. The van der Waals surface area contributed by atoms with E-state index in [1.807, 2.05) is 0 Å². The quantitative estimate of drug-likeness (QED) is 0.625. The Morgan fingerprint density at radius 1 is 1.07 bits per heavy atom. The number of unbranched alkanes of at least 4 members (excludes halogenated alkanes) is 3. The van der Waals surface area contributed by atoms with Gasteiger partial charge < -0.3 is 10.4 Å². The van der Waals surface area contributed by atoms with Gasteiger partial charge in [0.15, 0.2) is 0 Å². The van der Waals surface area contributed by atoms with Gasteiger partial charge in [0.25, 0.3) is 0 Å². The monoisotopic (exact) mass is 203 g/mol. The zero-order valence-corrected chi connectivity index (χ0v) is 9.81. The van der Waals surface area contributed by atoms with Gasteiger partial charge in [0.2, 0.25) is 0 Å². The molecule has 0 radical (unpaired) electrons. The van der Waals surface area contributed by atoms with Gasteiger partial charge in [-0.05, 0) is 19.5 Å². The fourth-order valence-electron chi connectivity index (χ4n) is 0.953. The molecule has 0 fully saturated rings. The number of hydrogen-bond acceptors (Lipinski definition) is 2. The minimum atomic E-state index is -0.675. The average molecular weight is 203 g/mol. The topological polar surface area (TPSA) is 49.3 Å².